The molecule has 3 aromatic rings. The first kappa shape index (κ1) is 23.0. The van der Waals surface area contributed by atoms with Crippen LogP contribution in [0.1, 0.15) is 66.0 Å². The van der Waals surface area contributed by atoms with Crippen molar-refractivity contribution in [2.24, 2.45) is 0 Å². The predicted molar refractivity (Wildman–Crippen MR) is 118 cm³/mol. The molecule has 176 valence electrons. The van der Waals surface area contributed by atoms with Gasteiger partial charge in [0.2, 0.25) is 0 Å². The summed E-state index contributed by atoms with van der Waals surface area (Å²) in [4.78, 5) is 18.1. The van der Waals surface area contributed by atoms with Crippen LogP contribution in [0.15, 0.2) is 27.5 Å². The first-order chi connectivity index (χ1) is 15.8. The summed E-state index contributed by atoms with van der Waals surface area (Å²) in [5.74, 6) is -0.893. The molecule has 4 rings (SSSR count). The van der Waals surface area contributed by atoms with Crippen LogP contribution in [0, 0.1) is 19.7 Å². The standard InChI is InChI=1S/C24H28FN3O5/c1-14-10-19(32-12-20-27-23(31)33-28-20)21(25)15(2)17(14)11-16-6-7-18(30)22(26-16)24(13-29)8-4-3-5-9-24/h6-7,10,29-30H,3-5,8-9,11-13H2,1-2H3,(H,27,28,31). The van der Waals surface area contributed by atoms with Crippen molar-refractivity contribution in [1.29, 1.82) is 0 Å². The van der Waals surface area contributed by atoms with Gasteiger partial charge in [-0.15, -0.1) is 0 Å². The molecule has 0 radical (unpaired) electrons. The summed E-state index contributed by atoms with van der Waals surface area (Å²) in [7, 11) is 0. The summed E-state index contributed by atoms with van der Waals surface area (Å²) < 4.78 is 25.0. The average Bonchev–Trinajstić information content (AvgIpc) is 3.24. The van der Waals surface area contributed by atoms with Crippen LogP contribution >= 0.6 is 0 Å². The largest absolute Gasteiger partial charge is 0.506 e. The van der Waals surface area contributed by atoms with Crippen LogP contribution in [0.25, 0.3) is 0 Å². The summed E-state index contributed by atoms with van der Waals surface area (Å²) >= 11 is 0. The lowest BCUT2D eigenvalue weighted by Crippen LogP contribution is -2.34. The van der Waals surface area contributed by atoms with Gasteiger partial charge in [-0.1, -0.05) is 24.4 Å². The average molecular weight is 458 g/mol. The molecular weight excluding hydrogens is 429 g/mol. The lowest BCUT2D eigenvalue weighted by molar-refractivity contribution is 0.145. The van der Waals surface area contributed by atoms with Crippen LogP contribution in [0.5, 0.6) is 11.5 Å². The summed E-state index contributed by atoms with van der Waals surface area (Å²) in [5, 5.41) is 24.2. The van der Waals surface area contributed by atoms with Crippen LogP contribution in [0.2, 0.25) is 0 Å². The van der Waals surface area contributed by atoms with E-state index in [0.29, 0.717) is 23.4 Å². The van der Waals surface area contributed by atoms with Gasteiger partial charge in [-0.25, -0.2) is 9.18 Å². The number of H-pyrrole nitrogens is 1. The lowest BCUT2D eigenvalue weighted by atomic mass is 9.72. The van der Waals surface area contributed by atoms with Crippen molar-refractivity contribution in [3.8, 4) is 11.5 Å². The number of aliphatic hydroxyl groups is 1. The zero-order valence-corrected chi connectivity index (χ0v) is 18.8. The Bertz CT molecular complexity index is 1200. The molecule has 1 saturated carbocycles. The molecule has 0 spiro atoms. The molecule has 3 N–H and O–H groups in total. The van der Waals surface area contributed by atoms with Crippen molar-refractivity contribution in [1.82, 2.24) is 15.1 Å². The van der Waals surface area contributed by atoms with E-state index in [4.69, 9.17) is 9.72 Å². The molecule has 0 unspecified atom stereocenters. The number of aromatic amines is 1. The molecular formula is C24H28FN3O5. The number of nitrogens with zero attached hydrogens (tertiary/aromatic N) is 2. The Morgan fingerprint density at radius 2 is 2.00 bits per heavy atom. The van der Waals surface area contributed by atoms with E-state index in [1.807, 2.05) is 6.92 Å². The van der Waals surface area contributed by atoms with E-state index in [2.05, 4.69) is 14.7 Å². The van der Waals surface area contributed by atoms with E-state index in [-0.39, 0.29) is 30.5 Å². The zero-order chi connectivity index (χ0) is 23.6. The van der Waals surface area contributed by atoms with Crippen molar-refractivity contribution in [3.05, 3.63) is 68.5 Å². The van der Waals surface area contributed by atoms with Gasteiger partial charge in [-0.3, -0.25) is 14.5 Å². The zero-order valence-electron chi connectivity index (χ0n) is 18.8. The maximum atomic E-state index is 15.1. The Balaban J connectivity index is 1.60. The highest BCUT2D eigenvalue weighted by Gasteiger charge is 2.37. The minimum atomic E-state index is -0.700. The molecule has 8 nitrogen and oxygen atoms in total. The van der Waals surface area contributed by atoms with Gasteiger partial charge in [-0.05, 0) is 61.6 Å². The van der Waals surface area contributed by atoms with E-state index < -0.39 is 17.0 Å². The molecule has 1 aromatic carbocycles. The topological polar surface area (TPSA) is 121 Å². The summed E-state index contributed by atoms with van der Waals surface area (Å²) in [6.07, 6.45) is 5.02. The smallest absolute Gasteiger partial charge is 0.439 e. The molecule has 0 atom stereocenters. The molecule has 2 aromatic heterocycles. The van der Waals surface area contributed by atoms with Gasteiger partial charge in [0.15, 0.2) is 17.4 Å². The van der Waals surface area contributed by atoms with E-state index in [0.717, 1.165) is 43.2 Å². The maximum absolute atomic E-state index is 15.1. The lowest BCUT2D eigenvalue weighted by Gasteiger charge is -2.35. The second-order valence-corrected chi connectivity index (χ2v) is 8.79. The molecule has 1 fully saturated rings. The molecule has 2 heterocycles. The van der Waals surface area contributed by atoms with Gasteiger partial charge in [0.25, 0.3) is 0 Å². The van der Waals surface area contributed by atoms with Crippen molar-refractivity contribution >= 4 is 0 Å². The monoisotopic (exact) mass is 457 g/mol. The molecule has 0 amide bonds. The van der Waals surface area contributed by atoms with Gasteiger partial charge in [-0.2, -0.15) is 0 Å². The fourth-order valence-electron chi connectivity index (χ4n) is 4.67. The quantitative estimate of drug-likeness (QED) is 0.496. The van der Waals surface area contributed by atoms with Gasteiger partial charge >= 0.3 is 5.76 Å². The van der Waals surface area contributed by atoms with Crippen molar-refractivity contribution < 1.29 is 23.9 Å². The molecule has 33 heavy (non-hydrogen) atoms. The highest BCUT2D eigenvalue weighted by Crippen LogP contribution is 2.42. The van der Waals surface area contributed by atoms with E-state index >= 15 is 4.39 Å². The Morgan fingerprint density at radius 1 is 1.24 bits per heavy atom. The van der Waals surface area contributed by atoms with Crippen LogP contribution in [-0.4, -0.2) is 31.9 Å². The summed E-state index contributed by atoms with van der Waals surface area (Å²) in [5.41, 5.74) is 2.72. The third kappa shape index (κ3) is 4.64. The van der Waals surface area contributed by atoms with Gasteiger partial charge < -0.3 is 14.9 Å². The molecule has 9 heteroatoms. The van der Waals surface area contributed by atoms with Crippen LogP contribution in [-0.2, 0) is 18.4 Å². The second-order valence-electron chi connectivity index (χ2n) is 8.79. The van der Waals surface area contributed by atoms with Gasteiger partial charge in [0, 0.05) is 17.5 Å². The van der Waals surface area contributed by atoms with Crippen molar-refractivity contribution in [2.75, 3.05) is 6.61 Å². The van der Waals surface area contributed by atoms with Crippen LogP contribution < -0.4 is 10.5 Å². The van der Waals surface area contributed by atoms with Crippen LogP contribution in [0.4, 0.5) is 4.39 Å². The number of nitrogens with one attached hydrogen (secondary N) is 1. The number of aryl methyl sites for hydroxylation is 1. The Hall–Kier alpha value is -3.20. The highest BCUT2D eigenvalue weighted by atomic mass is 19.1. The minimum absolute atomic E-state index is 0.0541. The third-order valence-electron chi connectivity index (χ3n) is 6.58. The number of aromatic hydroxyl groups is 1. The number of hydrogen-bond acceptors (Lipinski definition) is 7. The number of hydrogen-bond donors (Lipinski definition) is 3. The fraction of sp³-hybridized carbons (Fsp3) is 0.458. The molecule has 0 aliphatic heterocycles. The number of pyridine rings is 1. The molecule has 0 saturated heterocycles. The Morgan fingerprint density at radius 3 is 2.67 bits per heavy atom. The van der Waals surface area contributed by atoms with Crippen LogP contribution in [0.3, 0.4) is 0 Å². The summed E-state index contributed by atoms with van der Waals surface area (Å²) in [6.45, 7) is 3.35. The second kappa shape index (κ2) is 9.35. The first-order valence-corrected chi connectivity index (χ1v) is 11.1. The number of benzene rings is 1. The number of rotatable bonds is 7. The number of halogens is 1. The summed E-state index contributed by atoms with van der Waals surface area (Å²) in [6, 6.07) is 4.95. The van der Waals surface area contributed by atoms with Crippen molar-refractivity contribution in [2.45, 2.75) is 64.4 Å². The highest BCUT2D eigenvalue weighted by molar-refractivity contribution is 5.45. The van der Waals surface area contributed by atoms with E-state index in [1.54, 1.807) is 25.1 Å². The van der Waals surface area contributed by atoms with Crippen molar-refractivity contribution in [3.63, 3.8) is 0 Å². The third-order valence-corrected chi connectivity index (χ3v) is 6.58. The van der Waals surface area contributed by atoms with E-state index in [9.17, 15) is 15.0 Å². The molecule has 0 bridgehead atoms. The molecule has 1 aliphatic rings. The first-order valence-electron chi connectivity index (χ1n) is 11.1. The fourth-order valence-corrected chi connectivity index (χ4v) is 4.67. The number of aromatic nitrogens is 3. The number of aliphatic hydroxyl groups excluding tert-OH is 1. The maximum Gasteiger partial charge on any atom is 0.439 e. The van der Waals surface area contributed by atoms with Gasteiger partial charge in [0.1, 0.15) is 12.4 Å². The molecule has 1 aliphatic carbocycles. The predicted octanol–water partition coefficient (Wildman–Crippen LogP) is 3.58. The Labute approximate surface area is 190 Å². The number of ether oxygens (including phenoxy) is 1. The van der Waals surface area contributed by atoms with E-state index in [1.165, 1.54) is 0 Å². The minimum Gasteiger partial charge on any atom is -0.506 e. The normalized spacial score (nSPS) is 15.5. The van der Waals surface area contributed by atoms with Gasteiger partial charge in [0.05, 0.1) is 12.3 Å². The SMILES string of the molecule is Cc1cc(OCc2noc(=O)[nH]2)c(F)c(C)c1Cc1ccc(O)c(C2(CO)CCCCC2)n1. The Kier molecular flexibility index (Phi) is 6.51.